The van der Waals surface area contributed by atoms with Crippen molar-refractivity contribution in [3.05, 3.63) is 21.5 Å². The molecule has 3 aromatic heterocycles. The number of fused-ring (bicyclic) bond motifs is 5. The van der Waals surface area contributed by atoms with Gasteiger partial charge in [-0.3, -0.25) is 0 Å². The average molecular weight is 406 g/mol. The van der Waals surface area contributed by atoms with Gasteiger partial charge in [0, 0.05) is 23.1 Å². The predicted octanol–water partition coefficient (Wildman–Crippen LogP) is 5.67. The zero-order valence-corrected chi connectivity index (χ0v) is 18.2. The smallest absolute Gasteiger partial charge is 0.167 e. The van der Waals surface area contributed by atoms with Crippen molar-refractivity contribution in [2.45, 2.75) is 57.9 Å². The number of nitrogens with zero attached hydrogens (tertiary/aromatic N) is 2. The van der Waals surface area contributed by atoms with E-state index < -0.39 is 0 Å². The molecule has 0 bridgehead atoms. The lowest BCUT2D eigenvalue weighted by atomic mass is 9.88. The highest BCUT2D eigenvalue weighted by Crippen LogP contribution is 2.41. The zero-order chi connectivity index (χ0) is 18.6. The summed E-state index contributed by atoms with van der Waals surface area (Å²) >= 11 is 8.81. The molecule has 0 amide bonds. The molecule has 0 atom stereocenters. The van der Waals surface area contributed by atoms with Gasteiger partial charge in [-0.05, 0) is 38.0 Å². The molecular weight excluding hydrogens is 382 g/mol. The molecular formula is C19H23N3OS3. The van der Waals surface area contributed by atoms with Crippen LogP contribution in [0.25, 0.3) is 20.4 Å². The van der Waals surface area contributed by atoms with E-state index in [0.717, 1.165) is 33.0 Å². The fourth-order valence-corrected chi connectivity index (χ4v) is 5.43. The van der Waals surface area contributed by atoms with Gasteiger partial charge in [0.15, 0.2) is 5.16 Å². The molecule has 0 saturated heterocycles. The summed E-state index contributed by atoms with van der Waals surface area (Å²) in [6, 6.07) is 0. The lowest BCUT2D eigenvalue weighted by molar-refractivity contribution is -0.0402. The highest BCUT2D eigenvalue weighted by molar-refractivity contribution is 7.98. The summed E-state index contributed by atoms with van der Waals surface area (Å²) in [4.78, 5) is 14.1. The Labute approximate surface area is 166 Å². The minimum Gasteiger partial charge on any atom is -0.370 e. The van der Waals surface area contributed by atoms with Crippen molar-refractivity contribution < 1.29 is 4.74 Å². The first-order chi connectivity index (χ1) is 12.3. The summed E-state index contributed by atoms with van der Waals surface area (Å²) in [5, 5.41) is 2.07. The Hall–Kier alpha value is -1.02. The molecule has 0 fully saturated rings. The third-order valence-corrected chi connectivity index (χ3v) is 6.87. The molecule has 0 saturated carbocycles. The highest BCUT2D eigenvalue weighted by atomic mass is 32.2. The lowest BCUT2D eigenvalue weighted by Gasteiger charge is -2.33. The fraction of sp³-hybridized carbons (Fsp3) is 0.526. The van der Waals surface area contributed by atoms with Gasteiger partial charge >= 0.3 is 0 Å². The fourth-order valence-electron chi connectivity index (χ4n) is 3.60. The second-order valence-electron chi connectivity index (χ2n) is 7.88. The van der Waals surface area contributed by atoms with E-state index in [0.29, 0.717) is 17.2 Å². The van der Waals surface area contributed by atoms with Gasteiger partial charge in [-0.1, -0.05) is 37.8 Å². The van der Waals surface area contributed by atoms with Crippen LogP contribution in [-0.2, 0) is 24.2 Å². The van der Waals surface area contributed by atoms with Gasteiger partial charge < -0.3 is 9.72 Å². The first kappa shape index (κ1) is 18.3. The molecule has 4 heterocycles. The molecule has 3 aromatic rings. The minimum atomic E-state index is -0.170. The number of thioether (sulfide) groups is 1. The van der Waals surface area contributed by atoms with Crippen molar-refractivity contribution in [2.75, 3.05) is 6.26 Å². The van der Waals surface area contributed by atoms with E-state index in [1.807, 2.05) is 6.26 Å². The van der Waals surface area contributed by atoms with Crippen LogP contribution in [0.5, 0.6) is 0 Å². The maximum atomic E-state index is 6.14. The first-order valence-electron chi connectivity index (χ1n) is 8.84. The number of aromatic amines is 1. The molecule has 1 aliphatic rings. The largest absolute Gasteiger partial charge is 0.370 e. The second-order valence-corrected chi connectivity index (χ2v) is 10.1. The maximum Gasteiger partial charge on any atom is 0.167 e. The minimum absolute atomic E-state index is 0.170. The third kappa shape index (κ3) is 3.09. The molecule has 0 aliphatic carbocycles. The van der Waals surface area contributed by atoms with Gasteiger partial charge in [-0.25, -0.2) is 9.97 Å². The molecule has 4 nitrogen and oxygen atoms in total. The van der Waals surface area contributed by atoms with E-state index in [4.69, 9.17) is 21.9 Å². The second kappa shape index (κ2) is 6.55. The van der Waals surface area contributed by atoms with Crippen molar-refractivity contribution >= 4 is 55.7 Å². The third-order valence-electron chi connectivity index (χ3n) is 4.77. The maximum absolute atomic E-state index is 6.14. The van der Waals surface area contributed by atoms with Crippen LogP contribution in [0.1, 0.15) is 44.5 Å². The molecule has 138 valence electrons. The van der Waals surface area contributed by atoms with E-state index in [9.17, 15) is 0 Å². The highest BCUT2D eigenvalue weighted by Gasteiger charge is 2.31. The molecule has 0 unspecified atom stereocenters. The molecule has 7 heteroatoms. The van der Waals surface area contributed by atoms with E-state index in [2.05, 4.69) is 37.7 Å². The average Bonchev–Trinajstić information content (AvgIpc) is 2.92. The predicted molar refractivity (Wildman–Crippen MR) is 113 cm³/mol. The van der Waals surface area contributed by atoms with Crippen molar-refractivity contribution in [3.8, 4) is 0 Å². The Bertz CT molecular complexity index is 1070. The van der Waals surface area contributed by atoms with Crippen LogP contribution in [-0.4, -0.2) is 26.8 Å². The van der Waals surface area contributed by atoms with Crippen molar-refractivity contribution in [1.82, 2.24) is 15.0 Å². The summed E-state index contributed by atoms with van der Waals surface area (Å²) in [6.45, 7) is 9.43. The number of aromatic nitrogens is 3. The molecule has 1 N–H and O–H groups in total. The first-order valence-corrected chi connectivity index (χ1v) is 11.3. The number of pyridine rings is 1. The van der Waals surface area contributed by atoms with Gasteiger partial charge in [0.05, 0.1) is 22.4 Å². The Kier molecular flexibility index (Phi) is 4.62. The number of nitrogens with one attached hydrogen (secondary N) is 1. The number of hydrogen-bond donors (Lipinski definition) is 1. The van der Waals surface area contributed by atoms with Gasteiger partial charge in [-0.2, -0.15) is 0 Å². The van der Waals surface area contributed by atoms with E-state index >= 15 is 0 Å². The Morgan fingerprint density at radius 1 is 1.31 bits per heavy atom. The summed E-state index contributed by atoms with van der Waals surface area (Å²) in [5.74, 6) is 0.555. The molecule has 0 radical (unpaired) electrons. The van der Waals surface area contributed by atoms with Crippen molar-refractivity contribution in [3.63, 3.8) is 0 Å². The molecule has 0 spiro atoms. The molecule has 1 aliphatic heterocycles. The van der Waals surface area contributed by atoms with Gasteiger partial charge in [0.25, 0.3) is 0 Å². The summed E-state index contributed by atoms with van der Waals surface area (Å²) in [7, 11) is 0. The van der Waals surface area contributed by atoms with Crippen LogP contribution >= 0.6 is 35.3 Å². The van der Waals surface area contributed by atoms with Gasteiger partial charge in [0.1, 0.15) is 9.47 Å². The van der Waals surface area contributed by atoms with Crippen molar-refractivity contribution in [1.29, 1.82) is 0 Å². The number of H-pyrrole nitrogens is 1. The zero-order valence-electron chi connectivity index (χ0n) is 15.7. The van der Waals surface area contributed by atoms with Crippen LogP contribution in [0.4, 0.5) is 0 Å². The van der Waals surface area contributed by atoms with Gasteiger partial charge in [0.2, 0.25) is 0 Å². The molecule has 4 rings (SSSR count). The number of hydrogen-bond acceptors (Lipinski definition) is 6. The lowest BCUT2D eigenvalue weighted by Crippen LogP contribution is -2.33. The monoisotopic (exact) mass is 405 g/mol. The topological polar surface area (TPSA) is 50.8 Å². The standard InChI is InChI=1S/C19H23N3OS3/c1-9(2)6-12-11-8-23-19(3,4)7-10(11)13-14-15(26-17(13)20-12)16(24)22-18(21-14)25-5/h9H,6-8H2,1-5H3,(H,21,22,24). The summed E-state index contributed by atoms with van der Waals surface area (Å²) in [6.07, 6.45) is 3.87. The Morgan fingerprint density at radius 2 is 2.08 bits per heavy atom. The van der Waals surface area contributed by atoms with Crippen LogP contribution in [0.15, 0.2) is 5.16 Å². The normalized spacial score (nSPS) is 16.5. The summed E-state index contributed by atoms with van der Waals surface area (Å²) < 4.78 is 7.84. The van der Waals surface area contributed by atoms with Gasteiger partial charge in [-0.15, -0.1) is 11.3 Å². The van der Waals surface area contributed by atoms with Crippen LogP contribution in [0, 0.1) is 10.6 Å². The van der Waals surface area contributed by atoms with E-state index in [1.165, 1.54) is 22.2 Å². The van der Waals surface area contributed by atoms with Crippen LogP contribution in [0.3, 0.4) is 0 Å². The quantitative estimate of drug-likeness (QED) is 0.345. The molecule has 26 heavy (non-hydrogen) atoms. The Balaban J connectivity index is 2.10. The van der Waals surface area contributed by atoms with E-state index in [1.54, 1.807) is 23.1 Å². The Morgan fingerprint density at radius 3 is 2.77 bits per heavy atom. The van der Waals surface area contributed by atoms with Crippen molar-refractivity contribution in [2.24, 2.45) is 5.92 Å². The number of thiophene rings is 1. The van der Waals surface area contributed by atoms with Crippen LogP contribution in [0.2, 0.25) is 0 Å². The SMILES string of the molecule is CSc1nc(=S)c2sc3nc(CC(C)C)c4c(c3c2[nH]1)CC(C)(C)OC4. The van der Waals surface area contributed by atoms with E-state index in [-0.39, 0.29) is 5.60 Å². The molecule has 0 aromatic carbocycles. The number of rotatable bonds is 3. The summed E-state index contributed by atoms with van der Waals surface area (Å²) in [5.41, 5.74) is 4.74. The number of ether oxygens (including phenoxy) is 1. The van der Waals surface area contributed by atoms with Crippen LogP contribution < -0.4 is 0 Å².